The van der Waals surface area contributed by atoms with Gasteiger partial charge in [0.25, 0.3) is 0 Å². The van der Waals surface area contributed by atoms with Gasteiger partial charge in [-0.05, 0) is 49.8 Å². The van der Waals surface area contributed by atoms with Crippen molar-refractivity contribution in [3.63, 3.8) is 0 Å². The summed E-state index contributed by atoms with van der Waals surface area (Å²) >= 11 is 1.54. The summed E-state index contributed by atoms with van der Waals surface area (Å²) in [4.78, 5) is 16.7. The highest BCUT2D eigenvalue weighted by atomic mass is 32.2. The number of fused-ring (bicyclic) bond motifs is 1. The van der Waals surface area contributed by atoms with Crippen LogP contribution < -0.4 is 5.69 Å². The molecule has 1 N–H and O–H groups in total. The number of aromatic nitrogens is 2. The van der Waals surface area contributed by atoms with Crippen molar-refractivity contribution >= 4 is 11.8 Å². The van der Waals surface area contributed by atoms with Crippen molar-refractivity contribution in [2.45, 2.75) is 49.4 Å². The molecule has 0 aliphatic heterocycles. The van der Waals surface area contributed by atoms with Crippen LogP contribution in [0.4, 0.5) is 4.39 Å². The second-order valence-electron chi connectivity index (χ2n) is 5.98. The molecule has 0 fully saturated rings. The molecule has 6 heteroatoms. The number of aliphatic hydroxyl groups is 1. The number of halogens is 1. The average molecular weight is 348 g/mol. The number of nitrogens with zero attached hydrogens (tertiary/aromatic N) is 2. The monoisotopic (exact) mass is 348 g/mol. The lowest BCUT2D eigenvalue weighted by Crippen LogP contribution is -2.30. The Hall–Kier alpha value is -1.66. The van der Waals surface area contributed by atoms with E-state index in [4.69, 9.17) is 5.11 Å². The maximum absolute atomic E-state index is 13.0. The molecule has 0 bridgehead atoms. The predicted molar refractivity (Wildman–Crippen MR) is 92.8 cm³/mol. The van der Waals surface area contributed by atoms with Crippen LogP contribution in [-0.4, -0.2) is 21.3 Å². The molecule has 0 spiro atoms. The summed E-state index contributed by atoms with van der Waals surface area (Å²) in [5.74, 6) is 0.422. The zero-order valence-corrected chi connectivity index (χ0v) is 14.3. The largest absolute Gasteiger partial charge is 0.396 e. The minimum Gasteiger partial charge on any atom is -0.396 e. The quantitative estimate of drug-likeness (QED) is 0.644. The Labute approximate surface area is 144 Å². The summed E-state index contributed by atoms with van der Waals surface area (Å²) < 4.78 is 14.7. The highest BCUT2D eigenvalue weighted by Crippen LogP contribution is 2.30. The lowest BCUT2D eigenvalue weighted by molar-refractivity contribution is 0.277. The summed E-state index contributed by atoms with van der Waals surface area (Å²) in [5, 5.41) is 9.85. The van der Waals surface area contributed by atoms with Crippen LogP contribution in [0.2, 0.25) is 0 Å². The Kier molecular flexibility index (Phi) is 5.68. The molecule has 1 aliphatic rings. The zero-order valence-electron chi connectivity index (χ0n) is 13.5. The normalized spacial score (nSPS) is 13.8. The maximum atomic E-state index is 13.0. The fourth-order valence-electron chi connectivity index (χ4n) is 3.06. The lowest BCUT2D eigenvalue weighted by Gasteiger charge is -2.22. The van der Waals surface area contributed by atoms with Gasteiger partial charge in [-0.3, -0.25) is 4.57 Å². The summed E-state index contributed by atoms with van der Waals surface area (Å²) in [5.41, 5.74) is 3.03. The Balaban J connectivity index is 1.86. The molecule has 0 radical (unpaired) electrons. The smallest absolute Gasteiger partial charge is 0.348 e. The van der Waals surface area contributed by atoms with Gasteiger partial charge in [0.05, 0.1) is 0 Å². The molecule has 0 saturated heterocycles. The number of aliphatic hydroxyl groups excluding tert-OH is 1. The molecule has 0 unspecified atom stereocenters. The molecule has 128 valence electrons. The van der Waals surface area contributed by atoms with Gasteiger partial charge in [0.1, 0.15) is 10.8 Å². The van der Waals surface area contributed by atoms with E-state index in [0.717, 1.165) is 42.0 Å². The first-order chi connectivity index (χ1) is 11.7. The minimum absolute atomic E-state index is 0.0717. The van der Waals surface area contributed by atoms with Gasteiger partial charge in [0.2, 0.25) is 0 Å². The van der Waals surface area contributed by atoms with Crippen molar-refractivity contribution < 1.29 is 9.50 Å². The van der Waals surface area contributed by atoms with Crippen molar-refractivity contribution in [1.82, 2.24) is 9.55 Å². The van der Waals surface area contributed by atoms with Crippen molar-refractivity contribution in [1.29, 1.82) is 0 Å². The van der Waals surface area contributed by atoms with Crippen LogP contribution >= 0.6 is 11.8 Å². The van der Waals surface area contributed by atoms with E-state index in [2.05, 4.69) is 4.98 Å². The second-order valence-corrected chi connectivity index (χ2v) is 6.94. The molecule has 1 aromatic heterocycles. The van der Waals surface area contributed by atoms with Crippen LogP contribution in [0.25, 0.3) is 0 Å². The standard InChI is InChI=1S/C18H21FN2O2S/c19-14-8-6-13(7-9-14)12-24-17-15-4-1-2-5-16(15)21(10-3-11-22)18(23)20-17/h6-9,22H,1-5,10-12H2. The number of benzene rings is 1. The topological polar surface area (TPSA) is 55.1 Å². The third-order valence-electron chi connectivity index (χ3n) is 4.28. The second kappa shape index (κ2) is 7.94. The molecule has 0 atom stereocenters. The maximum Gasteiger partial charge on any atom is 0.348 e. The first-order valence-electron chi connectivity index (χ1n) is 8.29. The Morgan fingerprint density at radius 2 is 1.96 bits per heavy atom. The van der Waals surface area contributed by atoms with E-state index < -0.39 is 0 Å². The SMILES string of the molecule is O=c1nc(SCc2ccc(F)cc2)c2c(n1CCCO)CCCC2. The van der Waals surface area contributed by atoms with Crippen molar-refractivity contribution in [3.8, 4) is 0 Å². The van der Waals surface area contributed by atoms with Crippen molar-refractivity contribution in [3.05, 3.63) is 57.4 Å². The van der Waals surface area contributed by atoms with E-state index in [1.807, 2.05) is 0 Å². The van der Waals surface area contributed by atoms with Gasteiger partial charge in [-0.1, -0.05) is 12.1 Å². The van der Waals surface area contributed by atoms with Crippen LogP contribution in [0, 0.1) is 5.82 Å². The first kappa shape index (κ1) is 17.2. The number of rotatable bonds is 6. The fourth-order valence-corrected chi connectivity index (χ4v) is 4.09. The van der Waals surface area contributed by atoms with E-state index in [9.17, 15) is 9.18 Å². The molecule has 3 rings (SSSR count). The van der Waals surface area contributed by atoms with Crippen molar-refractivity contribution in [2.24, 2.45) is 0 Å². The molecule has 4 nitrogen and oxygen atoms in total. The first-order valence-corrected chi connectivity index (χ1v) is 9.28. The van der Waals surface area contributed by atoms with Crippen LogP contribution in [0.3, 0.4) is 0 Å². The Morgan fingerprint density at radius 3 is 2.71 bits per heavy atom. The van der Waals surface area contributed by atoms with Gasteiger partial charge >= 0.3 is 5.69 Å². The average Bonchev–Trinajstić information content (AvgIpc) is 2.60. The van der Waals surface area contributed by atoms with Gasteiger partial charge < -0.3 is 5.11 Å². The highest BCUT2D eigenvalue weighted by molar-refractivity contribution is 7.98. The molecule has 0 amide bonds. The van der Waals surface area contributed by atoms with Gasteiger partial charge in [0.15, 0.2) is 0 Å². The molecule has 1 aliphatic carbocycles. The molecule has 2 aromatic rings. The van der Waals surface area contributed by atoms with Crippen LogP contribution in [0.1, 0.15) is 36.1 Å². The van der Waals surface area contributed by atoms with Gasteiger partial charge in [-0.25, -0.2) is 9.18 Å². The van der Waals surface area contributed by atoms with Gasteiger partial charge in [-0.15, -0.1) is 11.8 Å². The van der Waals surface area contributed by atoms with E-state index >= 15 is 0 Å². The third kappa shape index (κ3) is 3.87. The van der Waals surface area contributed by atoms with E-state index in [-0.39, 0.29) is 18.1 Å². The van der Waals surface area contributed by atoms with E-state index in [0.29, 0.717) is 18.7 Å². The molecule has 1 heterocycles. The predicted octanol–water partition coefficient (Wildman–Crippen LogP) is 2.94. The fraction of sp³-hybridized carbons (Fsp3) is 0.444. The minimum atomic E-state index is -0.245. The van der Waals surface area contributed by atoms with Gasteiger partial charge in [0, 0.05) is 30.2 Å². The van der Waals surface area contributed by atoms with Crippen LogP contribution in [0.5, 0.6) is 0 Å². The third-order valence-corrected chi connectivity index (χ3v) is 5.37. The zero-order chi connectivity index (χ0) is 16.9. The summed E-state index contributed by atoms with van der Waals surface area (Å²) in [6.07, 6.45) is 4.58. The molecule has 1 aromatic carbocycles. The molecular weight excluding hydrogens is 327 g/mol. The number of thioether (sulfide) groups is 1. The van der Waals surface area contributed by atoms with E-state index in [1.54, 1.807) is 28.5 Å². The van der Waals surface area contributed by atoms with Crippen LogP contribution in [-0.2, 0) is 25.1 Å². The Morgan fingerprint density at radius 1 is 1.21 bits per heavy atom. The van der Waals surface area contributed by atoms with Gasteiger partial charge in [-0.2, -0.15) is 4.98 Å². The number of hydrogen-bond donors (Lipinski definition) is 1. The summed E-state index contributed by atoms with van der Waals surface area (Å²) in [7, 11) is 0. The molecule has 24 heavy (non-hydrogen) atoms. The molecular formula is C18H21FN2O2S. The van der Waals surface area contributed by atoms with E-state index in [1.165, 1.54) is 17.7 Å². The summed E-state index contributed by atoms with van der Waals surface area (Å²) in [6, 6.07) is 6.42. The molecule has 0 saturated carbocycles. The van der Waals surface area contributed by atoms with Crippen LogP contribution in [0.15, 0.2) is 34.1 Å². The number of hydrogen-bond acceptors (Lipinski definition) is 4. The van der Waals surface area contributed by atoms with Crippen molar-refractivity contribution in [2.75, 3.05) is 6.61 Å². The Bertz CT molecular complexity index is 759. The summed E-state index contributed by atoms with van der Waals surface area (Å²) in [6.45, 7) is 0.593. The highest BCUT2D eigenvalue weighted by Gasteiger charge is 2.20. The lowest BCUT2D eigenvalue weighted by atomic mass is 9.97.